The topological polar surface area (TPSA) is 55.2 Å². The van der Waals surface area contributed by atoms with Crippen LogP contribution in [0, 0.1) is 16.0 Å². The summed E-state index contributed by atoms with van der Waals surface area (Å²) < 4.78 is 0. The first-order valence-electron chi connectivity index (χ1n) is 10.3. The summed E-state index contributed by atoms with van der Waals surface area (Å²) >= 11 is 0. The summed E-state index contributed by atoms with van der Waals surface area (Å²) in [6, 6.07) is 24.8. The van der Waals surface area contributed by atoms with Gasteiger partial charge >= 0.3 is 0 Å². The van der Waals surface area contributed by atoms with Gasteiger partial charge in [-0.25, -0.2) is 0 Å². The van der Waals surface area contributed by atoms with Gasteiger partial charge in [-0.3, -0.25) is 10.1 Å². The number of nitro groups is 1. The van der Waals surface area contributed by atoms with Crippen molar-refractivity contribution >= 4 is 32.9 Å². The Hall–Kier alpha value is -3.66. The normalized spacial score (nSPS) is 21.9. The first kappa shape index (κ1) is 17.2. The Morgan fingerprint density at radius 2 is 1.60 bits per heavy atom. The predicted molar refractivity (Wildman–Crippen MR) is 121 cm³/mol. The second kappa shape index (κ2) is 6.42. The molecule has 146 valence electrons. The number of nitrogens with one attached hydrogen (secondary N) is 1. The third-order valence-electron chi connectivity index (χ3n) is 6.68. The van der Waals surface area contributed by atoms with Crippen molar-refractivity contribution in [3.05, 3.63) is 106 Å². The molecule has 0 radical (unpaired) electrons. The highest BCUT2D eigenvalue weighted by Gasteiger charge is 2.39. The minimum atomic E-state index is -0.307. The zero-order chi connectivity index (χ0) is 20.2. The van der Waals surface area contributed by atoms with Gasteiger partial charge in [0.25, 0.3) is 5.69 Å². The lowest BCUT2D eigenvalue weighted by Crippen LogP contribution is -2.29. The number of nitrogens with zero attached hydrogens (tertiary/aromatic N) is 1. The first-order valence-corrected chi connectivity index (χ1v) is 10.3. The summed E-state index contributed by atoms with van der Waals surface area (Å²) in [6.45, 7) is 0. The van der Waals surface area contributed by atoms with Crippen molar-refractivity contribution in [2.45, 2.75) is 18.4 Å². The van der Waals surface area contributed by atoms with Crippen LogP contribution in [0.5, 0.6) is 0 Å². The van der Waals surface area contributed by atoms with Gasteiger partial charge in [0, 0.05) is 23.7 Å². The second-order valence-electron chi connectivity index (χ2n) is 8.24. The van der Waals surface area contributed by atoms with Crippen molar-refractivity contribution in [1.29, 1.82) is 0 Å². The van der Waals surface area contributed by atoms with Crippen molar-refractivity contribution < 1.29 is 4.92 Å². The van der Waals surface area contributed by atoms with Crippen LogP contribution in [0.1, 0.15) is 29.5 Å². The van der Waals surface area contributed by atoms with Gasteiger partial charge in [0.05, 0.1) is 11.0 Å². The summed E-state index contributed by atoms with van der Waals surface area (Å²) in [5.74, 6) is 0.512. The summed E-state index contributed by atoms with van der Waals surface area (Å²) in [5, 5.41) is 20.1. The van der Waals surface area contributed by atoms with Crippen molar-refractivity contribution in [3.8, 4) is 0 Å². The van der Waals surface area contributed by atoms with E-state index < -0.39 is 0 Å². The van der Waals surface area contributed by atoms with Gasteiger partial charge in [-0.2, -0.15) is 0 Å². The van der Waals surface area contributed by atoms with Crippen LogP contribution in [0.25, 0.3) is 21.5 Å². The van der Waals surface area contributed by atoms with E-state index in [1.807, 2.05) is 6.07 Å². The van der Waals surface area contributed by atoms with Crippen LogP contribution in [0.3, 0.4) is 0 Å². The first-order chi connectivity index (χ1) is 14.7. The molecule has 1 aliphatic heterocycles. The molecule has 0 saturated carbocycles. The maximum absolute atomic E-state index is 11.3. The lowest BCUT2D eigenvalue weighted by molar-refractivity contribution is -0.384. The number of rotatable bonds is 2. The van der Waals surface area contributed by atoms with Crippen LogP contribution in [0.15, 0.2) is 84.9 Å². The third-order valence-corrected chi connectivity index (χ3v) is 6.68. The Kier molecular flexibility index (Phi) is 3.69. The fraction of sp³-hybridized carbons (Fsp3) is 0.154. The number of hydrogen-bond acceptors (Lipinski definition) is 3. The average molecular weight is 392 g/mol. The molecule has 4 aromatic rings. The number of hydrogen-bond donors (Lipinski definition) is 1. The fourth-order valence-electron chi connectivity index (χ4n) is 5.37. The summed E-state index contributed by atoms with van der Waals surface area (Å²) in [7, 11) is 0. The average Bonchev–Trinajstić information content (AvgIpc) is 3.27. The molecule has 0 fully saturated rings. The molecule has 4 aromatic carbocycles. The van der Waals surface area contributed by atoms with E-state index in [2.05, 4.69) is 72.1 Å². The molecule has 3 unspecified atom stereocenters. The number of benzene rings is 4. The molecular weight excluding hydrogens is 372 g/mol. The van der Waals surface area contributed by atoms with Crippen LogP contribution in [-0.2, 0) is 0 Å². The molecule has 0 saturated heterocycles. The van der Waals surface area contributed by atoms with Crippen molar-refractivity contribution in [1.82, 2.24) is 0 Å². The SMILES string of the molecule is O=[N+]([O-])c1ccc2c(c1)C1C=CCC1C(c1c3ccccc3cc3ccccc13)N2. The summed E-state index contributed by atoms with van der Waals surface area (Å²) in [4.78, 5) is 11.0. The number of fused-ring (bicyclic) bond motifs is 5. The zero-order valence-corrected chi connectivity index (χ0v) is 16.3. The molecule has 4 nitrogen and oxygen atoms in total. The molecule has 0 aromatic heterocycles. The van der Waals surface area contributed by atoms with Gasteiger partial charge in [-0.15, -0.1) is 0 Å². The molecule has 0 amide bonds. The van der Waals surface area contributed by atoms with Gasteiger partial charge in [-0.1, -0.05) is 60.7 Å². The molecular formula is C26H20N2O2. The molecule has 0 spiro atoms. The highest BCUT2D eigenvalue weighted by atomic mass is 16.6. The lowest BCUT2D eigenvalue weighted by Gasteiger charge is -2.38. The van der Waals surface area contributed by atoms with Crippen molar-refractivity contribution in [2.24, 2.45) is 5.92 Å². The smallest absolute Gasteiger partial charge is 0.269 e. The maximum Gasteiger partial charge on any atom is 0.269 e. The molecule has 30 heavy (non-hydrogen) atoms. The Morgan fingerprint density at radius 1 is 0.900 bits per heavy atom. The maximum atomic E-state index is 11.3. The Bertz CT molecular complexity index is 1300. The van der Waals surface area contributed by atoms with Crippen LogP contribution in [0.2, 0.25) is 0 Å². The standard InChI is InChI=1S/C26H20N2O2/c29-28(30)18-12-13-24-23(15-18)21-10-5-11-22(21)26(27-24)25-19-8-3-1-6-16(19)14-17-7-2-4-9-20(17)25/h1-10,12-15,21-22,26-27H,11H2. The van der Waals surface area contributed by atoms with Crippen LogP contribution < -0.4 is 5.32 Å². The van der Waals surface area contributed by atoms with E-state index in [0.29, 0.717) is 5.92 Å². The monoisotopic (exact) mass is 392 g/mol. The Balaban J connectivity index is 1.60. The number of nitro benzene ring substituents is 1. The van der Waals surface area contributed by atoms with Gasteiger partial charge in [0.15, 0.2) is 0 Å². The van der Waals surface area contributed by atoms with Crippen molar-refractivity contribution in [3.63, 3.8) is 0 Å². The van der Waals surface area contributed by atoms with E-state index in [4.69, 9.17) is 0 Å². The number of non-ortho nitro benzene ring substituents is 1. The van der Waals surface area contributed by atoms with Gasteiger partial charge < -0.3 is 5.32 Å². The molecule has 1 aliphatic carbocycles. The van der Waals surface area contributed by atoms with E-state index >= 15 is 0 Å². The van der Waals surface area contributed by atoms with Crippen LogP contribution in [0.4, 0.5) is 11.4 Å². The van der Waals surface area contributed by atoms with E-state index in [9.17, 15) is 10.1 Å². The van der Waals surface area contributed by atoms with E-state index in [0.717, 1.165) is 17.7 Å². The minimum Gasteiger partial charge on any atom is -0.378 e. The van der Waals surface area contributed by atoms with Crippen LogP contribution in [-0.4, -0.2) is 4.92 Å². The molecule has 4 heteroatoms. The molecule has 3 atom stereocenters. The molecule has 0 bridgehead atoms. The zero-order valence-electron chi connectivity index (χ0n) is 16.3. The van der Waals surface area contributed by atoms with E-state index in [1.165, 1.54) is 27.1 Å². The quantitative estimate of drug-likeness (QED) is 0.178. The van der Waals surface area contributed by atoms with Gasteiger partial charge in [-0.05, 0) is 57.1 Å². The fourth-order valence-corrected chi connectivity index (χ4v) is 5.37. The highest BCUT2D eigenvalue weighted by Crippen LogP contribution is 2.52. The Labute approximate surface area is 174 Å². The van der Waals surface area contributed by atoms with E-state index in [-0.39, 0.29) is 22.6 Å². The number of anilines is 1. The number of allylic oxidation sites excluding steroid dienone is 2. The van der Waals surface area contributed by atoms with Crippen molar-refractivity contribution in [2.75, 3.05) is 5.32 Å². The second-order valence-corrected chi connectivity index (χ2v) is 8.24. The molecule has 6 rings (SSSR count). The molecule has 1 heterocycles. The highest BCUT2D eigenvalue weighted by molar-refractivity contribution is 6.03. The third kappa shape index (κ3) is 2.47. The van der Waals surface area contributed by atoms with Crippen LogP contribution >= 0.6 is 0 Å². The predicted octanol–water partition coefficient (Wildman–Crippen LogP) is 6.73. The van der Waals surface area contributed by atoms with Gasteiger partial charge in [0.1, 0.15) is 0 Å². The Morgan fingerprint density at radius 3 is 2.30 bits per heavy atom. The summed E-state index contributed by atoms with van der Waals surface area (Å²) in [5.41, 5.74) is 3.51. The lowest BCUT2D eigenvalue weighted by atomic mass is 9.75. The van der Waals surface area contributed by atoms with E-state index in [1.54, 1.807) is 12.1 Å². The molecule has 2 aliphatic rings. The van der Waals surface area contributed by atoms with Gasteiger partial charge in [0.2, 0.25) is 0 Å². The molecule has 1 N–H and O–H groups in total. The minimum absolute atomic E-state index is 0.134. The summed E-state index contributed by atoms with van der Waals surface area (Å²) in [6.07, 6.45) is 5.42. The largest absolute Gasteiger partial charge is 0.378 e.